The summed E-state index contributed by atoms with van der Waals surface area (Å²) < 4.78 is 16.4. The molecule has 2 heterocycles. The molecule has 1 aromatic heterocycles. The van der Waals surface area contributed by atoms with Gasteiger partial charge in [0, 0.05) is 19.2 Å². The van der Waals surface area contributed by atoms with Gasteiger partial charge in [0.1, 0.15) is 23.2 Å². The molecule has 3 rings (SSSR count). The molecule has 0 saturated carbocycles. The fourth-order valence-electron chi connectivity index (χ4n) is 2.83. The van der Waals surface area contributed by atoms with Crippen LogP contribution in [0.5, 0.6) is 5.88 Å². The van der Waals surface area contributed by atoms with Crippen molar-refractivity contribution >= 4 is 29.9 Å². The molecule has 0 aliphatic carbocycles. The third-order valence-corrected chi connectivity index (χ3v) is 4.17. The van der Waals surface area contributed by atoms with Crippen LogP contribution in [0.2, 0.25) is 0 Å². The van der Waals surface area contributed by atoms with Crippen molar-refractivity contribution in [3.8, 4) is 11.9 Å². The molecule has 1 N–H and O–H groups in total. The van der Waals surface area contributed by atoms with Gasteiger partial charge in [-0.2, -0.15) is 10.2 Å². The Morgan fingerprint density at radius 3 is 3.00 bits per heavy atom. The van der Waals surface area contributed by atoms with Crippen LogP contribution in [0.15, 0.2) is 30.3 Å². The van der Waals surface area contributed by atoms with E-state index in [1.54, 1.807) is 26.2 Å². The van der Waals surface area contributed by atoms with Crippen LogP contribution in [0.25, 0.3) is 0 Å². The van der Waals surface area contributed by atoms with E-state index in [4.69, 9.17) is 14.0 Å². The number of hydrogen-bond donors (Lipinski definition) is 1. The van der Waals surface area contributed by atoms with Crippen molar-refractivity contribution in [3.05, 3.63) is 41.5 Å². The van der Waals surface area contributed by atoms with Gasteiger partial charge in [0.05, 0.1) is 13.2 Å². The first-order valence-corrected chi connectivity index (χ1v) is 8.68. The Balaban J connectivity index is 1.71. The lowest BCUT2D eigenvalue weighted by Crippen LogP contribution is -2.30. The number of Topliss-reactive ketones (excluding diaryl/α,β-unsaturated/α-hetero) is 1. The van der Waals surface area contributed by atoms with Crippen molar-refractivity contribution in [3.63, 3.8) is 0 Å². The van der Waals surface area contributed by atoms with E-state index in [1.807, 2.05) is 18.2 Å². The number of carbonyl (C=O) groups is 1. The third kappa shape index (κ3) is 4.64. The summed E-state index contributed by atoms with van der Waals surface area (Å²) in [7, 11) is 1.29. The Bertz CT molecular complexity index is 882. The molecule has 0 atom stereocenters. The Hall–Kier alpha value is -2.89. The second-order valence-corrected chi connectivity index (χ2v) is 6.23. The molecule has 1 aliphatic rings. The van der Waals surface area contributed by atoms with E-state index in [2.05, 4.69) is 16.4 Å². The standard InChI is InChI=1S/C19H20BN3O4/c1-13(24)4-3-9-26-19-14(11-21)5-8-18(23-19)22-16-6-7-17-15(10-16)12-27-20(17)25-2/h5-8,10H,3-4,9,12H2,1-2H3,(H,22,23). The monoisotopic (exact) mass is 365 g/mol. The number of nitriles is 1. The number of pyridine rings is 1. The number of nitrogens with one attached hydrogen (secondary N) is 1. The number of aromatic nitrogens is 1. The topological polar surface area (TPSA) is 93.5 Å². The van der Waals surface area contributed by atoms with E-state index in [9.17, 15) is 10.1 Å². The van der Waals surface area contributed by atoms with Crippen LogP contribution in [0, 0.1) is 11.3 Å². The van der Waals surface area contributed by atoms with E-state index >= 15 is 0 Å². The van der Waals surface area contributed by atoms with Crippen LogP contribution >= 0.6 is 0 Å². The van der Waals surface area contributed by atoms with Gasteiger partial charge < -0.3 is 24.2 Å². The van der Waals surface area contributed by atoms with Crippen LogP contribution in [-0.2, 0) is 20.7 Å². The molecule has 0 amide bonds. The molecular formula is C19H20BN3O4. The van der Waals surface area contributed by atoms with E-state index in [0.717, 1.165) is 16.7 Å². The number of nitrogens with zero attached hydrogens (tertiary/aromatic N) is 2. The summed E-state index contributed by atoms with van der Waals surface area (Å²) in [5, 5.41) is 12.4. The third-order valence-electron chi connectivity index (χ3n) is 4.17. The Labute approximate surface area is 158 Å². The minimum atomic E-state index is -0.322. The summed E-state index contributed by atoms with van der Waals surface area (Å²) in [6.07, 6.45) is 1.03. The molecular weight excluding hydrogens is 345 g/mol. The molecule has 1 aliphatic heterocycles. The molecule has 7 nitrogen and oxygen atoms in total. The van der Waals surface area contributed by atoms with Crippen LogP contribution in [0.4, 0.5) is 11.5 Å². The normalized spacial score (nSPS) is 12.4. The maximum absolute atomic E-state index is 11.0. The van der Waals surface area contributed by atoms with E-state index in [0.29, 0.717) is 37.4 Å². The number of benzene rings is 1. The number of carbonyl (C=O) groups excluding carboxylic acids is 1. The van der Waals surface area contributed by atoms with Gasteiger partial charge in [0.15, 0.2) is 0 Å². The Kier molecular flexibility index (Phi) is 6.06. The van der Waals surface area contributed by atoms with Crippen molar-refractivity contribution < 1.29 is 18.8 Å². The first kappa shape index (κ1) is 18.9. The highest BCUT2D eigenvalue weighted by Gasteiger charge is 2.29. The highest BCUT2D eigenvalue weighted by Crippen LogP contribution is 2.23. The van der Waals surface area contributed by atoms with Gasteiger partial charge in [-0.3, -0.25) is 0 Å². The van der Waals surface area contributed by atoms with E-state index < -0.39 is 0 Å². The summed E-state index contributed by atoms with van der Waals surface area (Å²) in [5.41, 5.74) is 3.29. The van der Waals surface area contributed by atoms with Crippen molar-refractivity contribution in [1.82, 2.24) is 4.98 Å². The Morgan fingerprint density at radius 1 is 1.41 bits per heavy atom. The molecule has 2 aromatic rings. The minimum Gasteiger partial charge on any atom is -0.477 e. The van der Waals surface area contributed by atoms with Crippen LogP contribution in [0.3, 0.4) is 0 Å². The molecule has 1 aromatic carbocycles. The lowest BCUT2D eigenvalue weighted by Gasteiger charge is -2.11. The minimum absolute atomic E-state index is 0.110. The van der Waals surface area contributed by atoms with Gasteiger partial charge in [-0.1, -0.05) is 6.07 Å². The molecule has 8 heteroatoms. The van der Waals surface area contributed by atoms with Crippen molar-refractivity contribution in [2.24, 2.45) is 0 Å². The van der Waals surface area contributed by atoms with Gasteiger partial charge in [0.25, 0.3) is 0 Å². The van der Waals surface area contributed by atoms with Gasteiger partial charge in [-0.15, -0.1) is 0 Å². The second-order valence-electron chi connectivity index (χ2n) is 6.23. The lowest BCUT2D eigenvalue weighted by molar-refractivity contribution is -0.117. The van der Waals surface area contributed by atoms with E-state index in [-0.39, 0.29) is 18.8 Å². The lowest BCUT2D eigenvalue weighted by atomic mass is 9.79. The first-order valence-electron chi connectivity index (χ1n) is 8.68. The molecule has 138 valence electrons. The summed E-state index contributed by atoms with van der Waals surface area (Å²) in [6.45, 7) is 2.37. The fraction of sp³-hybridized carbons (Fsp3) is 0.316. The van der Waals surface area contributed by atoms with Gasteiger partial charge >= 0.3 is 7.12 Å². The highest BCUT2D eigenvalue weighted by atomic mass is 16.6. The van der Waals surface area contributed by atoms with Crippen molar-refractivity contribution in [2.75, 3.05) is 19.0 Å². The van der Waals surface area contributed by atoms with Gasteiger partial charge in [0.2, 0.25) is 5.88 Å². The van der Waals surface area contributed by atoms with Gasteiger partial charge in [-0.25, -0.2) is 0 Å². The number of ketones is 1. The predicted molar refractivity (Wildman–Crippen MR) is 101 cm³/mol. The summed E-state index contributed by atoms with van der Waals surface area (Å²) >= 11 is 0. The smallest absolute Gasteiger partial charge is 0.477 e. The van der Waals surface area contributed by atoms with Crippen LogP contribution in [0.1, 0.15) is 30.9 Å². The van der Waals surface area contributed by atoms with Crippen molar-refractivity contribution in [1.29, 1.82) is 5.26 Å². The average molecular weight is 365 g/mol. The summed E-state index contributed by atoms with van der Waals surface area (Å²) in [4.78, 5) is 15.4. The quantitative estimate of drug-likeness (QED) is 0.567. The fourth-order valence-corrected chi connectivity index (χ4v) is 2.83. The number of ether oxygens (including phenoxy) is 1. The zero-order valence-corrected chi connectivity index (χ0v) is 15.3. The molecule has 0 fully saturated rings. The highest BCUT2D eigenvalue weighted by molar-refractivity contribution is 6.62. The summed E-state index contributed by atoms with van der Waals surface area (Å²) in [5.74, 6) is 0.937. The van der Waals surface area contributed by atoms with Crippen molar-refractivity contribution in [2.45, 2.75) is 26.4 Å². The molecule has 0 bridgehead atoms. The zero-order chi connectivity index (χ0) is 19.2. The number of fused-ring (bicyclic) bond motifs is 1. The van der Waals surface area contributed by atoms with E-state index in [1.165, 1.54) is 0 Å². The molecule has 0 saturated heterocycles. The van der Waals surface area contributed by atoms with Crippen LogP contribution in [-0.4, -0.2) is 31.6 Å². The molecule has 0 radical (unpaired) electrons. The SMILES string of the molecule is COB1OCc2cc(Nc3ccc(C#N)c(OCCCC(C)=O)n3)ccc21. The maximum atomic E-state index is 11.0. The number of rotatable bonds is 8. The first-order chi connectivity index (χ1) is 13.1. The molecule has 0 unspecified atom stereocenters. The largest absolute Gasteiger partial charge is 0.494 e. The number of anilines is 2. The van der Waals surface area contributed by atoms with Gasteiger partial charge in [-0.05, 0) is 48.6 Å². The molecule has 0 spiro atoms. The zero-order valence-electron chi connectivity index (χ0n) is 15.3. The van der Waals surface area contributed by atoms with Crippen LogP contribution < -0.4 is 15.5 Å². The second kappa shape index (κ2) is 8.67. The molecule has 27 heavy (non-hydrogen) atoms. The Morgan fingerprint density at radius 2 is 2.26 bits per heavy atom. The summed E-state index contributed by atoms with van der Waals surface area (Å²) in [6, 6.07) is 11.3. The predicted octanol–water partition coefficient (Wildman–Crippen LogP) is 2.32. The average Bonchev–Trinajstić information content (AvgIpc) is 3.07. The number of hydrogen-bond acceptors (Lipinski definition) is 7. The maximum Gasteiger partial charge on any atom is 0.494 e.